The molecule has 0 saturated heterocycles. The Morgan fingerprint density at radius 2 is 2.00 bits per heavy atom. The number of aryl methyl sites for hydroxylation is 2. The number of methoxy groups -OCH3 is 1. The van der Waals surface area contributed by atoms with Crippen LogP contribution in [0.3, 0.4) is 0 Å². The molecule has 0 unspecified atom stereocenters. The molecule has 0 aliphatic carbocycles. The van der Waals surface area contributed by atoms with Crippen LogP contribution in [0.15, 0.2) is 18.6 Å². The van der Waals surface area contributed by atoms with Crippen LogP contribution in [0.2, 0.25) is 0 Å². The van der Waals surface area contributed by atoms with Gasteiger partial charge in [-0.1, -0.05) is 0 Å². The molecule has 1 N–H and O–H groups in total. The molecule has 0 saturated carbocycles. The fourth-order valence-corrected chi connectivity index (χ4v) is 2.58. The largest absolute Gasteiger partial charge is 0.467 e. The van der Waals surface area contributed by atoms with Crippen LogP contribution >= 0.6 is 0 Å². The summed E-state index contributed by atoms with van der Waals surface area (Å²) in [6.45, 7) is 8.86. The summed E-state index contributed by atoms with van der Waals surface area (Å²) in [5.41, 5.74) is 4.83. The molecule has 3 heterocycles. The predicted octanol–water partition coefficient (Wildman–Crippen LogP) is 3.04. The van der Waals surface area contributed by atoms with Crippen molar-refractivity contribution >= 4 is 17.0 Å². The van der Waals surface area contributed by atoms with Crippen molar-refractivity contribution in [1.29, 1.82) is 0 Å². The fourth-order valence-electron chi connectivity index (χ4n) is 2.58. The molecular formula is C17H22N6O. The van der Waals surface area contributed by atoms with Gasteiger partial charge >= 0.3 is 6.01 Å². The number of hydrogen-bond acceptors (Lipinski definition) is 6. The van der Waals surface area contributed by atoms with Gasteiger partial charge in [-0.3, -0.25) is 4.98 Å². The zero-order valence-corrected chi connectivity index (χ0v) is 14.7. The second-order valence-electron chi connectivity index (χ2n) is 6.08. The maximum Gasteiger partial charge on any atom is 0.320 e. The molecule has 0 amide bonds. The molecule has 3 aromatic heterocycles. The van der Waals surface area contributed by atoms with Crippen molar-refractivity contribution in [3.8, 4) is 6.01 Å². The first-order valence-electron chi connectivity index (χ1n) is 7.94. The number of fused-ring (bicyclic) bond motifs is 1. The highest BCUT2D eigenvalue weighted by molar-refractivity contribution is 5.83. The minimum atomic E-state index is 0.256. The number of nitrogens with zero attached hydrogens (tertiary/aromatic N) is 5. The summed E-state index contributed by atoms with van der Waals surface area (Å²) in [6, 6.07) is 2.65. The molecule has 0 aliphatic rings. The van der Waals surface area contributed by atoms with Gasteiger partial charge < -0.3 is 14.6 Å². The quantitative estimate of drug-likeness (QED) is 0.776. The minimum absolute atomic E-state index is 0.256. The molecule has 3 rings (SSSR count). The van der Waals surface area contributed by atoms with Crippen molar-refractivity contribution in [2.45, 2.75) is 40.3 Å². The highest BCUT2D eigenvalue weighted by atomic mass is 16.5. The zero-order chi connectivity index (χ0) is 17.3. The van der Waals surface area contributed by atoms with Gasteiger partial charge in [-0.15, -0.1) is 0 Å². The molecule has 0 bridgehead atoms. The van der Waals surface area contributed by atoms with E-state index in [1.807, 2.05) is 17.7 Å². The van der Waals surface area contributed by atoms with Crippen LogP contribution in [-0.4, -0.2) is 31.6 Å². The summed E-state index contributed by atoms with van der Waals surface area (Å²) in [6.07, 6.45) is 3.67. The first-order chi connectivity index (χ1) is 11.5. The summed E-state index contributed by atoms with van der Waals surface area (Å²) in [5.74, 6) is 0.663. The maximum absolute atomic E-state index is 5.24. The van der Waals surface area contributed by atoms with E-state index in [4.69, 9.17) is 4.74 Å². The van der Waals surface area contributed by atoms with Crippen LogP contribution in [0.5, 0.6) is 6.01 Å². The van der Waals surface area contributed by atoms with E-state index in [1.165, 1.54) is 5.56 Å². The molecule has 0 spiro atoms. The highest BCUT2D eigenvalue weighted by Gasteiger charge is 2.15. The average molecular weight is 326 g/mol. The fraction of sp³-hybridized carbons (Fsp3) is 0.412. The lowest BCUT2D eigenvalue weighted by molar-refractivity contribution is 0.381. The van der Waals surface area contributed by atoms with E-state index in [-0.39, 0.29) is 6.04 Å². The van der Waals surface area contributed by atoms with E-state index in [9.17, 15) is 0 Å². The van der Waals surface area contributed by atoms with E-state index < -0.39 is 0 Å². The summed E-state index contributed by atoms with van der Waals surface area (Å²) in [4.78, 5) is 17.7. The maximum atomic E-state index is 5.24. The zero-order valence-electron chi connectivity index (χ0n) is 14.7. The molecule has 0 atom stereocenters. The summed E-state index contributed by atoms with van der Waals surface area (Å²) >= 11 is 0. The number of nitrogens with one attached hydrogen (secondary N) is 1. The average Bonchev–Trinajstić information content (AvgIpc) is 2.97. The molecule has 3 aromatic rings. The number of rotatable bonds is 5. The van der Waals surface area contributed by atoms with Crippen LogP contribution in [0.4, 0.5) is 5.82 Å². The van der Waals surface area contributed by atoms with E-state index >= 15 is 0 Å². The number of anilines is 1. The Kier molecular flexibility index (Phi) is 4.33. The third-order valence-corrected chi connectivity index (χ3v) is 3.94. The second-order valence-corrected chi connectivity index (χ2v) is 6.08. The van der Waals surface area contributed by atoms with Gasteiger partial charge in [0.2, 0.25) is 0 Å². The first kappa shape index (κ1) is 16.2. The third-order valence-electron chi connectivity index (χ3n) is 3.94. The SMILES string of the molecule is COc1nc(NCc2cnc(C)cc2C)c2ncn(C(C)C)c2n1. The Hall–Kier alpha value is -2.70. The molecule has 0 aliphatic heterocycles. The second kappa shape index (κ2) is 6.43. The Bertz CT molecular complexity index is 871. The Balaban J connectivity index is 1.96. The van der Waals surface area contributed by atoms with Gasteiger partial charge in [-0.2, -0.15) is 9.97 Å². The van der Waals surface area contributed by atoms with Gasteiger partial charge in [0.1, 0.15) is 0 Å². The van der Waals surface area contributed by atoms with Crippen molar-refractivity contribution in [2.24, 2.45) is 0 Å². The van der Waals surface area contributed by atoms with E-state index in [1.54, 1.807) is 13.4 Å². The van der Waals surface area contributed by atoms with Crippen LogP contribution in [-0.2, 0) is 6.54 Å². The van der Waals surface area contributed by atoms with Crippen molar-refractivity contribution in [3.63, 3.8) is 0 Å². The predicted molar refractivity (Wildman–Crippen MR) is 93.3 cm³/mol. The normalized spacial score (nSPS) is 11.2. The number of hydrogen-bond donors (Lipinski definition) is 1. The summed E-state index contributed by atoms with van der Waals surface area (Å²) in [7, 11) is 1.56. The number of imidazole rings is 1. The number of ether oxygens (including phenoxy) is 1. The van der Waals surface area contributed by atoms with Crippen LogP contribution < -0.4 is 10.1 Å². The summed E-state index contributed by atoms with van der Waals surface area (Å²) < 4.78 is 7.25. The first-order valence-corrected chi connectivity index (χ1v) is 7.94. The van der Waals surface area contributed by atoms with Gasteiger partial charge in [-0.05, 0) is 44.9 Å². The van der Waals surface area contributed by atoms with E-state index in [0.29, 0.717) is 18.4 Å². The monoisotopic (exact) mass is 326 g/mol. The van der Waals surface area contributed by atoms with Crippen LogP contribution in [0.25, 0.3) is 11.2 Å². The van der Waals surface area contributed by atoms with Gasteiger partial charge in [0, 0.05) is 24.5 Å². The third kappa shape index (κ3) is 3.02. The lowest BCUT2D eigenvalue weighted by atomic mass is 10.1. The standard InChI is InChI=1S/C17H22N6O/c1-10(2)23-9-20-14-15(21-17(24-5)22-16(14)23)19-8-13-7-18-12(4)6-11(13)3/h6-7,9-10H,8H2,1-5H3,(H,19,21,22). The van der Waals surface area contributed by atoms with Crippen molar-refractivity contribution in [3.05, 3.63) is 35.4 Å². The topological polar surface area (TPSA) is 77.8 Å². The molecule has 7 nitrogen and oxygen atoms in total. The van der Waals surface area contributed by atoms with Gasteiger partial charge in [-0.25, -0.2) is 4.98 Å². The van der Waals surface area contributed by atoms with Crippen molar-refractivity contribution in [2.75, 3.05) is 12.4 Å². The Labute approximate surface area is 141 Å². The van der Waals surface area contributed by atoms with E-state index in [2.05, 4.69) is 52.1 Å². The molecule has 0 radical (unpaired) electrons. The molecule has 126 valence electrons. The van der Waals surface area contributed by atoms with Crippen LogP contribution in [0.1, 0.15) is 36.7 Å². The van der Waals surface area contributed by atoms with Crippen molar-refractivity contribution < 1.29 is 4.74 Å². The highest BCUT2D eigenvalue weighted by Crippen LogP contribution is 2.24. The van der Waals surface area contributed by atoms with Gasteiger partial charge in [0.15, 0.2) is 17.0 Å². The van der Waals surface area contributed by atoms with Gasteiger partial charge in [0.05, 0.1) is 13.4 Å². The lowest BCUT2D eigenvalue weighted by Gasteiger charge is -2.11. The number of aromatic nitrogens is 5. The molecule has 0 aromatic carbocycles. The van der Waals surface area contributed by atoms with Crippen LogP contribution in [0, 0.1) is 13.8 Å². The van der Waals surface area contributed by atoms with Crippen molar-refractivity contribution in [1.82, 2.24) is 24.5 Å². The lowest BCUT2D eigenvalue weighted by Crippen LogP contribution is -2.07. The number of pyridine rings is 1. The summed E-state index contributed by atoms with van der Waals surface area (Å²) in [5, 5.41) is 3.34. The molecule has 7 heteroatoms. The van der Waals surface area contributed by atoms with E-state index in [0.717, 1.165) is 22.4 Å². The Morgan fingerprint density at radius 1 is 1.21 bits per heavy atom. The smallest absolute Gasteiger partial charge is 0.320 e. The molecule has 24 heavy (non-hydrogen) atoms. The Morgan fingerprint density at radius 3 is 2.67 bits per heavy atom. The molecule has 0 fully saturated rings. The minimum Gasteiger partial charge on any atom is -0.467 e. The molecular weight excluding hydrogens is 304 g/mol. The van der Waals surface area contributed by atoms with Gasteiger partial charge in [0.25, 0.3) is 0 Å².